The van der Waals surface area contributed by atoms with E-state index in [-0.39, 0.29) is 4.90 Å². The third kappa shape index (κ3) is 4.81. The van der Waals surface area contributed by atoms with E-state index in [9.17, 15) is 8.42 Å². The van der Waals surface area contributed by atoms with Crippen molar-refractivity contribution in [2.75, 3.05) is 16.6 Å². The fourth-order valence-electron chi connectivity index (χ4n) is 1.95. The van der Waals surface area contributed by atoms with E-state index in [4.69, 9.17) is 12.2 Å². The summed E-state index contributed by atoms with van der Waals surface area (Å²) in [6, 6.07) is 13.6. The van der Waals surface area contributed by atoms with Gasteiger partial charge in [-0.3, -0.25) is 4.72 Å². The molecular weight excluding hydrogens is 342 g/mol. The van der Waals surface area contributed by atoms with Crippen LogP contribution in [-0.4, -0.2) is 20.1 Å². The van der Waals surface area contributed by atoms with Crippen LogP contribution in [0.25, 0.3) is 0 Å². The highest BCUT2D eigenvalue weighted by atomic mass is 32.2. The van der Waals surface area contributed by atoms with Crippen LogP contribution in [0.3, 0.4) is 0 Å². The van der Waals surface area contributed by atoms with Crippen LogP contribution in [0.2, 0.25) is 0 Å². The summed E-state index contributed by atoms with van der Waals surface area (Å²) in [5.41, 5.74) is 2.12. The Balaban J connectivity index is 2.10. The summed E-state index contributed by atoms with van der Waals surface area (Å²) in [5, 5.41) is 6.36. The Kier molecular flexibility index (Phi) is 5.94. The third-order valence-corrected chi connectivity index (χ3v) is 4.85. The van der Waals surface area contributed by atoms with Crippen LogP contribution in [0.4, 0.5) is 11.4 Å². The molecule has 2 aromatic carbocycles. The van der Waals surface area contributed by atoms with Crippen LogP contribution < -0.4 is 15.4 Å². The molecule has 126 valence electrons. The maximum Gasteiger partial charge on any atom is 0.261 e. The molecule has 3 N–H and O–H groups in total. The Morgan fingerprint density at radius 1 is 1.17 bits per heavy atom. The van der Waals surface area contributed by atoms with Crippen molar-refractivity contribution >= 4 is 38.7 Å². The van der Waals surface area contributed by atoms with Gasteiger partial charge < -0.3 is 10.6 Å². The molecule has 0 aromatic heterocycles. The van der Waals surface area contributed by atoms with Gasteiger partial charge >= 0.3 is 0 Å². The first-order valence-electron chi connectivity index (χ1n) is 7.26. The van der Waals surface area contributed by atoms with E-state index < -0.39 is 10.0 Å². The van der Waals surface area contributed by atoms with E-state index in [1.54, 1.807) is 30.3 Å². The number of nitrogens with one attached hydrogen (secondary N) is 3. The highest BCUT2D eigenvalue weighted by molar-refractivity contribution is 7.92. The molecule has 0 fully saturated rings. The molecule has 0 aliphatic heterocycles. The standard InChI is InChI=1S/C17H19N3O2S2/c1-3-12-18-17(23)19-14-8-10-15(11-9-14)24(21,22)20-16-7-5-4-6-13(16)2/h3-11,20H,1,12H2,2H3,(H2,18,19,23). The molecule has 0 amide bonds. The number of aryl methyl sites for hydroxylation is 1. The number of hydrogen-bond donors (Lipinski definition) is 3. The monoisotopic (exact) mass is 361 g/mol. The molecule has 0 saturated heterocycles. The molecule has 0 spiro atoms. The minimum absolute atomic E-state index is 0.182. The second-order valence-electron chi connectivity index (χ2n) is 5.07. The van der Waals surface area contributed by atoms with Gasteiger partial charge in [-0.15, -0.1) is 6.58 Å². The van der Waals surface area contributed by atoms with Gasteiger partial charge in [-0.25, -0.2) is 8.42 Å². The molecule has 0 aliphatic rings. The van der Waals surface area contributed by atoms with Crippen molar-refractivity contribution in [1.29, 1.82) is 0 Å². The van der Waals surface area contributed by atoms with Gasteiger partial charge in [0.1, 0.15) is 0 Å². The summed E-state index contributed by atoms with van der Waals surface area (Å²) < 4.78 is 27.5. The first kappa shape index (κ1) is 18.0. The van der Waals surface area contributed by atoms with E-state index in [0.717, 1.165) is 5.56 Å². The summed E-state index contributed by atoms with van der Waals surface area (Å²) in [4.78, 5) is 0.182. The van der Waals surface area contributed by atoms with Crippen LogP contribution in [0, 0.1) is 6.92 Å². The molecule has 0 aliphatic carbocycles. The number of rotatable bonds is 6. The lowest BCUT2D eigenvalue weighted by Crippen LogP contribution is -2.28. The molecule has 24 heavy (non-hydrogen) atoms. The van der Waals surface area contributed by atoms with Crippen molar-refractivity contribution in [2.45, 2.75) is 11.8 Å². The maximum absolute atomic E-state index is 12.4. The number of para-hydroxylation sites is 1. The maximum atomic E-state index is 12.4. The first-order valence-corrected chi connectivity index (χ1v) is 9.16. The summed E-state index contributed by atoms with van der Waals surface area (Å²) in [6.07, 6.45) is 1.70. The van der Waals surface area contributed by atoms with Crippen molar-refractivity contribution in [3.63, 3.8) is 0 Å². The van der Waals surface area contributed by atoms with Crippen molar-refractivity contribution in [2.24, 2.45) is 0 Å². The molecule has 2 aromatic rings. The predicted octanol–water partition coefficient (Wildman–Crippen LogP) is 3.27. The lowest BCUT2D eigenvalue weighted by Gasteiger charge is -2.12. The minimum Gasteiger partial charge on any atom is -0.359 e. The van der Waals surface area contributed by atoms with E-state index in [1.807, 2.05) is 19.1 Å². The van der Waals surface area contributed by atoms with Crippen LogP contribution in [0.15, 0.2) is 66.1 Å². The molecule has 0 saturated carbocycles. The van der Waals surface area contributed by atoms with Gasteiger partial charge in [0.05, 0.1) is 10.6 Å². The zero-order valence-electron chi connectivity index (χ0n) is 13.2. The van der Waals surface area contributed by atoms with Crippen LogP contribution in [0.5, 0.6) is 0 Å². The molecule has 7 heteroatoms. The van der Waals surface area contributed by atoms with E-state index in [2.05, 4.69) is 21.9 Å². The van der Waals surface area contributed by atoms with Gasteiger partial charge in [0, 0.05) is 12.2 Å². The Bertz CT molecular complexity index is 831. The van der Waals surface area contributed by atoms with Crippen molar-refractivity contribution < 1.29 is 8.42 Å². The number of anilines is 2. The Morgan fingerprint density at radius 2 is 1.83 bits per heavy atom. The Hall–Kier alpha value is -2.38. The minimum atomic E-state index is -3.63. The normalized spacial score (nSPS) is 10.7. The average molecular weight is 361 g/mol. The zero-order valence-corrected chi connectivity index (χ0v) is 14.9. The van der Waals surface area contributed by atoms with E-state index in [0.29, 0.717) is 23.0 Å². The van der Waals surface area contributed by atoms with Crippen molar-refractivity contribution in [1.82, 2.24) is 5.32 Å². The Labute approximate surface area is 147 Å². The summed E-state index contributed by atoms with van der Waals surface area (Å²) in [5.74, 6) is 0. The summed E-state index contributed by atoms with van der Waals surface area (Å²) >= 11 is 5.11. The highest BCUT2D eigenvalue weighted by Crippen LogP contribution is 2.20. The molecule has 0 bridgehead atoms. The predicted molar refractivity (Wildman–Crippen MR) is 103 cm³/mol. The second-order valence-corrected chi connectivity index (χ2v) is 7.16. The van der Waals surface area contributed by atoms with E-state index >= 15 is 0 Å². The average Bonchev–Trinajstić information content (AvgIpc) is 2.55. The molecule has 0 heterocycles. The van der Waals surface area contributed by atoms with Crippen LogP contribution >= 0.6 is 12.2 Å². The molecule has 5 nitrogen and oxygen atoms in total. The van der Waals surface area contributed by atoms with E-state index in [1.165, 1.54) is 12.1 Å². The lowest BCUT2D eigenvalue weighted by atomic mass is 10.2. The third-order valence-electron chi connectivity index (χ3n) is 3.22. The summed E-state index contributed by atoms with van der Waals surface area (Å²) in [7, 11) is -3.63. The van der Waals surface area contributed by atoms with Crippen molar-refractivity contribution in [3.8, 4) is 0 Å². The number of benzene rings is 2. The molecular formula is C17H19N3O2S2. The van der Waals surface area contributed by atoms with Gasteiger partial charge in [0.25, 0.3) is 10.0 Å². The fraction of sp³-hybridized carbons (Fsp3) is 0.118. The quantitative estimate of drug-likeness (QED) is 0.544. The smallest absolute Gasteiger partial charge is 0.261 e. The topological polar surface area (TPSA) is 70.2 Å². The van der Waals surface area contributed by atoms with Crippen LogP contribution in [-0.2, 0) is 10.0 Å². The highest BCUT2D eigenvalue weighted by Gasteiger charge is 2.15. The lowest BCUT2D eigenvalue weighted by molar-refractivity contribution is 0.601. The first-order chi connectivity index (χ1) is 11.4. The number of thiocarbonyl (C=S) groups is 1. The Morgan fingerprint density at radius 3 is 2.46 bits per heavy atom. The van der Waals surface area contributed by atoms with Gasteiger partial charge in [-0.05, 0) is 55.0 Å². The summed E-state index contributed by atoms with van der Waals surface area (Å²) in [6.45, 7) is 6.00. The van der Waals surface area contributed by atoms with Gasteiger partial charge in [-0.1, -0.05) is 24.3 Å². The van der Waals surface area contributed by atoms with Gasteiger partial charge in [0.15, 0.2) is 5.11 Å². The SMILES string of the molecule is C=CCNC(=S)Nc1ccc(S(=O)(=O)Nc2ccccc2C)cc1. The molecule has 0 radical (unpaired) electrons. The number of sulfonamides is 1. The fourth-order valence-corrected chi connectivity index (χ4v) is 3.28. The molecule has 2 rings (SSSR count). The number of hydrogen-bond acceptors (Lipinski definition) is 3. The van der Waals surface area contributed by atoms with Crippen LogP contribution in [0.1, 0.15) is 5.56 Å². The second kappa shape index (κ2) is 7.94. The van der Waals surface area contributed by atoms with Gasteiger partial charge in [-0.2, -0.15) is 0 Å². The van der Waals surface area contributed by atoms with Crippen molar-refractivity contribution in [3.05, 3.63) is 66.7 Å². The molecule has 0 atom stereocenters. The van der Waals surface area contributed by atoms with Gasteiger partial charge in [0.2, 0.25) is 0 Å². The zero-order chi connectivity index (χ0) is 17.6. The molecule has 0 unspecified atom stereocenters. The largest absolute Gasteiger partial charge is 0.359 e.